The second kappa shape index (κ2) is 13.5. The van der Waals surface area contributed by atoms with Crippen molar-refractivity contribution < 1.29 is 23.5 Å². The number of unbranched alkanes of at least 4 members (excludes halogenated alkanes) is 4. The number of methoxy groups -OCH3 is 1. The molecule has 0 N–H and O–H groups in total. The van der Waals surface area contributed by atoms with Crippen LogP contribution in [-0.4, -0.2) is 48.0 Å². The fraction of sp³-hybridized carbons (Fsp3) is 0.423. The third kappa shape index (κ3) is 7.29. The van der Waals surface area contributed by atoms with E-state index < -0.39 is 0 Å². The topological polar surface area (TPSA) is 69.0 Å². The SMILES string of the molecule is CCCOCCCCCCCN1C(=O)/C(=C\c2ccc(-c3ccc(C(=O)OC)cc3)o2)SC1=S. The minimum absolute atomic E-state index is 0.0663. The van der Waals surface area contributed by atoms with Gasteiger partial charge in [-0.25, -0.2) is 4.79 Å². The van der Waals surface area contributed by atoms with Gasteiger partial charge in [-0.2, -0.15) is 0 Å². The van der Waals surface area contributed by atoms with Crippen LogP contribution in [0.3, 0.4) is 0 Å². The summed E-state index contributed by atoms with van der Waals surface area (Å²) in [6, 6.07) is 10.6. The quantitative estimate of drug-likeness (QED) is 0.138. The maximum atomic E-state index is 12.8. The fourth-order valence-electron chi connectivity index (χ4n) is 3.55. The van der Waals surface area contributed by atoms with E-state index in [4.69, 9.17) is 26.1 Å². The summed E-state index contributed by atoms with van der Waals surface area (Å²) in [5.74, 6) is 0.783. The lowest BCUT2D eigenvalue weighted by molar-refractivity contribution is -0.122. The minimum atomic E-state index is -0.384. The number of nitrogens with zero attached hydrogens (tertiary/aromatic N) is 1. The van der Waals surface area contributed by atoms with Gasteiger partial charge in [0.05, 0.1) is 17.6 Å². The Hall–Kier alpha value is -2.42. The molecule has 0 saturated carbocycles. The van der Waals surface area contributed by atoms with Crippen molar-refractivity contribution in [3.63, 3.8) is 0 Å². The summed E-state index contributed by atoms with van der Waals surface area (Å²) in [6.07, 6.45) is 8.17. The molecule has 1 fully saturated rings. The Balaban J connectivity index is 1.49. The van der Waals surface area contributed by atoms with E-state index in [0.717, 1.165) is 57.3 Å². The van der Waals surface area contributed by atoms with E-state index in [1.807, 2.05) is 12.1 Å². The van der Waals surface area contributed by atoms with Crippen molar-refractivity contribution in [2.24, 2.45) is 0 Å². The lowest BCUT2D eigenvalue weighted by Gasteiger charge is -2.14. The molecule has 8 heteroatoms. The summed E-state index contributed by atoms with van der Waals surface area (Å²) in [7, 11) is 1.35. The van der Waals surface area contributed by atoms with Crippen molar-refractivity contribution in [3.8, 4) is 11.3 Å². The predicted octanol–water partition coefficient (Wildman–Crippen LogP) is 6.31. The molecule has 34 heavy (non-hydrogen) atoms. The molecule has 1 aromatic heterocycles. The molecule has 2 heterocycles. The van der Waals surface area contributed by atoms with E-state index in [2.05, 4.69) is 6.92 Å². The van der Waals surface area contributed by atoms with E-state index in [0.29, 0.717) is 32.9 Å². The van der Waals surface area contributed by atoms with Crippen molar-refractivity contribution >= 4 is 46.3 Å². The first-order valence-corrected chi connectivity index (χ1v) is 12.9. The Labute approximate surface area is 210 Å². The molecule has 0 atom stereocenters. The standard InChI is InChI=1S/C26H31NO5S2/c1-3-16-31-17-8-6-4-5-7-15-27-24(28)23(34-26(27)33)18-21-13-14-22(32-21)19-9-11-20(12-10-19)25(29)30-2/h9-14,18H,3-8,15-17H2,1-2H3/b23-18+. The molecule has 1 aliphatic heterocycles. The number of hydrogen-bond donors (Lipinski definition) is 0. The number of carbonyl (C=O) groups excluding carboxylic acids is 2. The van der Waals surface area contributed by atoms with Gasteiger partial charge in [0, 0.05) is 31.4 Å². The number of benzene rings is 1. The highest BCUT2D eigenvalue weighted by atomic mass is 32.2. The van der Waals surface area contributed by atoms with Gasteiger partial charge in [-0.05, 0) is 43.5 Å². The lowest BCUT2D eigenvalue weighted by Crippen LogP contribution is -2.29. The Bertz CT molecular complexity index is 1010. The van der Waals surface area contributed by atoms with Gasteiger partial charge in [0.25, 0.3) is 5.91 Å². The molecule has 0 aliphatic carbocycles. The zero-order valence-electron chi connectivity index (χ0n) is 19.7. The Kier molecular flexibility index (Phi) is 10.4. The number of amides is 1. The van der Waals surface area contributed by atoms with Crippen LogP contribution >= 0.6 is 24.0 Å². The van der Waals surface area contributed by atoms with Crippen molar-refractivity contribution in [2.45, 2.75) is 45.4 Å². The number of ether oxygens (including phenoxy) is 2. The summed E-state index contributed by atoms with van der Waals surface area (Å²) < 4.78 is 16.7. The first-order chi connectivity index (χ1) is 16.5. The molecule has 2 aromatic rings. The van der Waals surface area contributed by atoms with Gasteiger partial charge in [0.2, 0.25) is 0 Å². The molecule has 0 radical (unpaired) electrons. The predicted molar refractivity (Wildman–Crippen MR) is 140 cm³/mol. The fourth-order valence-corrected chi connectivity index (χ4v) is 4.84. The second-order valence-corrected chi connectivity index (χ2v) is 9.66. The van der Waals surface area contributed by atoms with E-state index in [1.165, 1.54) is 18.9 Å². The highest BCUT2D eigenvalue weighted by molar-refractivity contribution is 8.26. The molecular weight excluding hydrogens is 470 g/mol. The third-order valence-corrected chi connectivity index (χ3v) is 6.76. The number of hydrogen-bond acceptors (Lipinski definition) is 7. The largest absolute Gasteiger partial charge is 0.465 e. The van der Waals surface area contributed by atoms with Gasteiger partial charge in [0.1, 0.15) is 15.8 Å². The van der Waals surface area contributed by atoms with Crippen LogP contribution in [0.25, 0.3) is 17.4 Å². The van der Waals surface area contributed by atoms with Crippen molar-refractivity contribution in [1.29, 1.82) is 0 Å². The lowest BCUT2D eigenvalue weighted by atomic mass is 10.1. The third-order valence-electron chi connectivity index (χ3n) is 5.38. The first kappa shape index (κ1) is 26.2. The van der Waals surface area contributed by atoms with Crippen LogP contribution in [-0.2, 0) is 14.3 Å². The zero-order chi connectivity index (χ0) is 24.3. The van der Waals surface area contributed by atoms with Crippen LogP contribution in [0, 0.1) is 0 Å². The minimum Gasteiger partial charge on any atom is -0.465 e. The number of rotatable bonds is 13. The monoisotopic (exact) mass is 501 g/mol. The van der Waals surface area contributed by atoms with Gasteiger partial charge >= 0.3 is 5.97 Å². The van der Waals surface area contributed by atoms with E-state index in [1.54, 1.807) is 35.2 Å². The molecular formula is C26H31NO5S2. The van der Waals surface area contributed by atoms with Gasteiger partial charge in [0.15, 0.2) is 0 Å². The normalized spacial score (nSPS) is 14.9. The molecule has 1 saturated heterocycles. The van der Waals surface area contributed by atoms with Crippen molar-refractivity contribution in [1.82, 2.24) is 4.90 Å². The van der Waals surface area contributed by atoms with Crippen LogP contribution in [0.5, 0.6) is 0 Å². The van der Waals surface area contributed by atoms with Crippen LogP contribution in [0.2, 0.25) is 0 Å². The molecule has 1 amide bonds. The highest BCUT2D eigenvalue weighted by Gasteiger charge is 2.31. The molecule has 0 bridgehead atoms. The average Bonchev–Trinajstić information content (AvgIpc) is 3.42. The molecule has 182 valence electrons. The number of carbonyl (C=O) groups is 2. The summed E-state index contributed by atoms with van der Waals surface area (Å²) >= 11 is 6.75. The molecule has 0 unspecified atom stereocenters. The van der Waals surface area contributed by atoms with Gasteiger partial charge in [-0.15, -0.1) is 0 Å². The van der Waals surface area contributed by atoms with Crippen molar-refractivity contribution in [2.75, 3.05) is 26.9 Å². The summed E-state index contributed by atoms with van der Waals surface area (Å²) in [4.78, 5) is 26.7. The van der Waals surface area contributed by atoms with Gasteiger partial charge in [-0.1, -0.05) is 62.3 Å². The molecule has 1 aliphatic rings. The van der Waals surface area contributed by atoms with Gasteiger partial charge in [-0.3, -0.25) is 9.69 Å². The van der Waals surface area contributed by atoms with Gasteiger partial charge < -0.3 is 13.9 Å². The maximum Gasteiger partial charge on any atom is 0.337 e. The Morgan fingerprint density at radius 3 is 2.53 bits per heavy atom. The summed E-state index contributed by atoms with van der Waals surface area (Å²) in [6.45, 7) is 4.43. The summed E-state index contributed by atoms with van der Waals surface area (Å²) in [5, 5.41) is 0. The molecule has 6 nitrogen and oxygen atoms in total. The van der Waals surface area contributed by atoms with Crippen LogP contribution < -0.4 is 0 Å². The smallest absolute Gasteiger partial charge is 0.337 e. The average molecular weight is 502 g/mol. The number of esters is 1. The highest BCUT2D eigenvalue weighted by Crippen LogP contribution is 2.34. The first-order valence-electron chi connectivity index (χ1n) is 11.6. The molecule has 3 rings (SSSR count). The number of furan rings is 1. The Morgan fingerprint density at radius 2 is 1.79 bits per heavy atom. The Morgan fingerprint density at radius 1 is 1.06 bits per heavy atom. The van der Waals surface area contributed by atoms with Crippen molar-refractivity contribution in [3.05, 3.63) is 52.6 Å². The van der Waals surface area contributed by atoms with E-state index in [-0.39, 0.29) is 11.9 Å². The number of thioether (sulfide) groups is 1. The van der Waals surface area contributed by atoms with E-state index in [9.17, 15) is 9.59 Å². The van der Waals surface area contributed by atoms with Crippen LogP contribution in [0.4, 0.5) is 0 Å². The zero-order valence-corrected chi connectivity index (χ0v) is 21.3. The number of thiocarbonyl (C=S) groups is 1. The summed E-state index contributed by atoms with van der Waals surface area (Å²) in [5.41, 5.74) is 1.31. The second-order valence-electron chi connectivity index (χ2n) is 7.98. The molecule has 1 aromatic carbocycles. The maximum absolute atomic E-state index is 12.8. The molecule has 0 spiro atoms. The van der Waals surface area contributed by atoms with Crippen LogP contribution in [0.15, 0.2) is 45.7 Å². The van der Waals surface area contributed by atoms with E-state index >= 15 is 0 Å². The van der Waals surface area contributed by atoms with Crippen LogP contribution in [0.1, 0.15) is 61.6 Å².